The number of pyridine rings is 1. The maximum absolute atomic E-state index is 13.1. The summed E-state index contributed by atoms with van der Waals surface area (Å²) in [7, 11) is 1.72. The number of nitrogens with one attached hydrogen (secondary N) is 1. The number of rotatable bonds is 7. The molecular weight excluding hydrogens is 394 g/mol. The van der Waals surface area contributed by atoms with Crippen molar-refractivity contribution in [2.24, 2.45) is 0 Å². The van der Waals surface area contributed by atoms with Gasteiger partial charge >= 0.3 is 0 Å². The molecule has 0 fully saturated rings. The summed E-state index contributed by atoms with van der Waals surface area (Å²) >= 11 is 0. The Labute approximate surface area is 180 Å². The highest BCUT2D eigenvalue weighted by atomic mass is 16.2. The highest BCUT2D eigenvalue weighted by Crippen LogP contribution is 2.30. The van der Waals surface area contributed by atoms with Crippen molar-refractivity contribution in [1.29, 1.82) is 0 Å². The van der Waals surface area contributed by atoms with Gasteiger partial charge in [-0.2, -0.15) is 0 Å². The van der Waals surface area contributed by atoms with Gasteiger partial charge in [0, 0.05) is 19.8 Å². The first-order valence-electron chi connectivity index (χ1n) is 10.3. The fourth-order valence-electron chi connectivity index (χ4n) is 3.57. The van der Waals surface area contributed by atoms with Crippen LogP contribution in [0.5, 0.6) is 0 Å². The van der Waals surface area contributed by atoms with Crippen LogP contribution in [0.2, 0.25) is 0 Å². The first-order chi connectivity index (χ1) is 15.1. The molecule has 1 N–H and O–H groups in total. The number of nitrogens with zero attached hydrogens (tertiary/aromatic N) is 6. The fourth-order valence-corrected chi connectivity index (χ4v) is 3.57. The molecule has 0 unspecified atom stereocenters. The summed E-state index contributed by atoms with van der Waals surface area (Å²) in [5.74, 6) is 1.06. The van der Waals surface area contributed by atoms with Crippen LogP contribution >= 0.6 is 0 Å². The van der Waals surface area contributed by atoms with E-state index in [-0.39, 0.29) is 18.4 Å². The third kappa shape index (κ3) is 4.40. The van der Waals surface area contributed by atoms with Gasteiger partial charge < -0.3 is 19.7 Å². The van der Waals surface area contributed by atoms with Gasteiger partial charge in [-0.3, -0.25) is 9.59 Å². The molecule has 2 amide bonds. The molecule has 3 aromatic rings. The van der Waals surface area contributed by atoms with Crippen molar-refractivity contribution in [1.82, 2.24) is 24.6 Å². The lowest BCUT2D eigenvalue weighted by molar-refractivity contribution is -0.117. The first-order valence-corrected chi connectivity index (χ1v) is 10.3. The Balaban J connectivity index is 1.56. The molecule has 0 atom stereocenters. The van der Waals surface area contributed by atoms with Crippen LogP contribution in [0.15, 0.2) is 48.9 Å². The topological polar surface area (TPSA) is 96.2 Å². The lowest BCUT2D eigenvalue weighted by Gasteiger charge is -2.30. The summed E-state index contributed by atoms with van der Waals surface area (Å²) < 4.78 is 1.94. The summed E-state index contributed by atoms with van der Waals surface area (Å²) in [5, 5.41) is 11.1. The minimum Gasteiger partial charge on any atom is -0.359 e. The van der Waals surface area contributed by atoms with Gasteiger partial charge in [-0.15, -0.1) is 10.2 Å². The minimum atomic E-state index is -0.195. The number of hydrogen-bond acceptors (Lipinski definition) is 6. The molecule has 4 rings (SSSR count). The van der Waals surface area contributed by atoms with E-state index in [0.29, 0.717) is 30.2 Å². The van der Waals surface area contributed by atoms with Gasteiger partial charge in [0.2, 0.25) is 5.91 Å². The Bertz CT molecular complexity index is 1080. The third-order valence-electron chi connectivity index (χ3n) is 5.18. The third-order valence-corrected chi connectivity index (χ3v) is 5.18. The number of carbonyl (C=O) groups excluding carboxylic acids is 2. The average molecular weight is 419 g/mol. The summed E-state index contributed by atoms with van der Waals surface area (Å²) in [6.07, 6.45) is 4.17. The lowest BCUT2D eigenvalue weighted by Crippen LogP contribution is -2.40. The second-order valence-electron chi connectivity index (χ2n) is 7.51. The standard InChI is InChI=1S/C22H25N7O2/c1-3-9-28-15-25-26-19(28)14-27(2)22(31)17-10-18-21(23-11-17)24-12-20(30)29(18)13-16-7-5-4-6-8-16/h4-8,10-11,15H,3,9,12-14H2,1-2H3,(H,23,24). The van der Waals surface area contributed by atoms with Gasteiger partial charge in [0.05, 0.1) is 30.9 Å². The van der Waals surface area contributed by atoms with Crippen molar-refractivity contribution in [2.45, 2.75) is 33.0 Å². The van der Waals surface area contributed by atoms with E-state index < -0.39 is 0 Å². The van der Waals surface area contributed by atoms with Crippen molar-refractivity contribution in [3.05, 3.63) is 65.9 Å². The van der Waals surface area contributed by atoms with E-state index in [9.17, 15) is 9.59 Å². The molecule has 1 aliphatic heterocycles. The largest absolute Gasteiger partial charge is 0.359 e. The average Bonchev–Trinajstić information content (AvgIpc) is 3.22. The highest BCUT2D eigenvalue weighted by molar-refractivity contribution is 6.04. The van der Waals surface area contributed by atoms with Crippen LogP contribution in [-0.4, -0.2) is 50.1 Å². The molecule has 2 aromatic heterocycles. The van der Waals surface area contributed by atoms with Crippen LogP contribution in [-0.2, 0) is 24.4 Å². The van der Waals surface area contributed by atoms with E-state index in [1.54, 1.807) is 29.2 Å². The van der Waals surface area contributed by atoms with Crippen LogP contribution < -0.4 is 10.2 Å². The second kappa shape index (κ2) is 8.95. The molecule has 3 heterocycles. The van der Waals surface area contributed by atoms with Gasteiger partial charge in [0.15, 0.2) is 11.6 Å². The number of aryl methyl sites for hydroxylation is 1. The van der Waals surface area contributed by atoms with Crippen LogP contribution in [0.3, 0.4) is 0 Å². The van der Waals surface area contributed by atoms with Crippen molar-refractivity contribution >= 4 is 23.3 Å². The SMILES string of the molecule is CCCn1cnnc1CN(C)C(=O)c1cnc2c(c1)N(Cc1ccccc1)C(=O)CN2. The highest BCUT2D eigenvalue weighted by Gasteiger charge is 2.27. The van der Waals surface area contributed by atoms with Gasteiger partial charge in [-0.1, -0.05) is 37.3 Å². The smallest absolute Gasteiger partial charge is 0.255 e. The van der Waals surface area contributed by atoms with E-state index in [4.69, 9.17) is 0 Å². The molecule has 0 saturated carbocycles. The van der Waals surface area contributed by atoms with Gasteiger partial charge in [0.1, 0.15) is 6.33 Å². The number of benzene rings is 1. The molecular formula is C22H25N7O2. The summed E-state index contributed by atoms with van der Waals surface area (Å²) in [4.78, 5) is 33.3. The Morgan fingerprint density at radius 1 is 1.26 bits per heavy atom. The van der Waals surface area contributed by atoms with Crippen LogP contribution in [0.1, 0.15) is 35.1 Å². The maximum Gasteiger partial charge on any atom is 0.255 e. The van der Waals surface area contributed by atoms with E-state index >= 15 is 0 Å². The summed E-state index contributed by atoms with van der Waals surface area (Å²) in [6, 6.07) is 11.5. The van der Waals surface area contributed by atoms with Crippen molar-refractivity contribution in [3.8, 4) is 0 Å². The Morgan fingerprint density at radius 2 is 2.06 bits per heavy atom. The second-order valence-corrected chi connectivity index (χ2v) is 7.51. The Morgan fingerprint density at radius 3 is 2.84 bits per heavy atom. The summed E-state index contributed by atoms with van der Waals surface area (Å²) in [6.45, 7) is 3.80. The number of carbonyl (C=O) groups is 2. The van der Waals surface area contributed by atoms with Crippen LogP contribution in [0.4, 0.5) is 11.5 Å². The number of anilines is 2. The van der Waals surface area contributed by atoms with E-state index in [0.717, 1.165) is 24.4 Å². The molecule has 0 aliphatic carbocycles. The van der Waals surface area contributed by atoms with E-state index in [1.807, 2.05) is 34.9 Å². The molecule has 0 saturated heterocycles. The van der Waals surface area contributed by atoms with Gasteiger partial charge in [-0.25, -0.2) is 4.98 Å². The fraction of sp³-hybridized carbons (Fsp3) is 0.318. The molecule has 0 radical (unpaired) electrons. The van der Waals surface area contributed by atoms with Gasteiger partial charge in [-0.05, 0) is 18.1 Å². The quantitative estimate of drug-likeness (QED) is 0.631. The van der Waals surface area contributed by atoms with Gasteiger partial charge in [0.25, 0.3) is 5.91 Å². The zero-order valence-corrected chi connectivity index (χ0v) is 17.7. The molecule has 0 bridgehead atoms. The molecule has 31 heavy (non-hydrogen) atoms. The van der Waals surface area contributed by atoms with Crippen molar-refractivity contribution in [3.63, 3.8) is 0 Å². The molecule has 1 aliphatic rings. The van der Waals surface area contributed by atoms with Crippen molar-refractivity contribution in [2.75, 3.05) is 23.8 Å². The minimum absolute atomic E-state index is 0.0660. The van der Waals surface area contributed by atoms with E-state index in [1.165, 1.54) is 6.20 Å². The maximum atomic E-state index is 13.1. The summed E-state index contributed by atoms with van der Waals surface area (Å²) in [5.41, 5.74) is 2.03. The molecule has 0 spiro atoms. The Hall–Kier alpha value is -3.75. The van der Waals surface area contributed by atoms with E-state index in [2.05, 4.69) is 27.4 Å². The predicted octanol–water partition coefficient (Wildman–Crippen LogP) is 2.31. The zero-order chi connectivity index (χ0) is 21.8. The number of aromatic nitrogens is 4. The molecule has 9 nitrogen and oxygen atoms in total. The Kier molecular flexibility index (Phi) is 5.92. The number of fused-ring (bicyclic) bond motifs is 1. The first kappa shape index (κ1) is 20.5. The van der Waals surface area contributed by atoms with Crippen molar-refractivity contribution < 1.29 is 9.59 Å². The lowest BCUT2D eigenvalue weighted by atomic mass is 10.1. The number of hydrogen-bond donors (Lipinski definition) is 1. The normalized spacial score (nSPS) is 13.0. The molecule has 9 heteroatoms. The monoisotopic (exact) mass is 419 g/mol. The molecule has 160 valence electrons. The molecule has 1 aromatic carbocycles. The van der Waals surface area contributed by atoms with Crippen LogP contribution in [0, 0.1) is 0 Å². The van der Waals surface area contributed by atoms with Crippen LogP contribution in [0.25, 0.3) is 0 Å². The predicted molar refractivity (Wildman–Crippen MR) is 116 cm³/mol. The number of amides is 2. The zero-order valence-electron chi connectivity index (χ0n) is 17.7.